The molecule has 0 radical (unpaired) electrons. The quantitative estimate of drug-likeness (QED) is 0.868. The van der Waals surface area contributed by atoms with E-state index in [0.717, 1.165) is 17.5 Å². The Kier molecular flexibility index (Phi) is 4.12. The molecule has 0 N–H and O–H groups in total. The lowest BCUT2D eigenvalue weighted by molar-refractivity contribution is -0.131. The van der Waals surface area contributed by atoms with E-state index in [1.165, 1.54) is 12.1 Å². The van der Waals surface area contributed by atoms with Gasteiger partial charge in [0.2, 0.25) is 5.91 Å². The molecule has 1 saturated carbocycles. The molecule has 0 saturated heterocycles. The predicted molar refractivity (Wildman–Crippen MR) is 84.9 cm³/mol. The molecule has 0 bridgehead atoms. The zero-order valence-electron chi connectivity index (χ0n) is 12.9. The van der Waals surface area contributed by atoms with Crippen molar-refractivity contribution in [2.45, 2.75) is 18.9 Å². The molecule has 1 aliphatic carbocycles. The SMILES string of the molecule is CN(Cc1ccc(C#N)cc1)C(=O)C1CC1c1ccc(F)cc1. The number of carbonyl (C=O) groups is 1. The molecule has 1 amide bonds. The third kappa shape index (κ3) is 3.40. The van der Waals surface area contributed by atoms with Crippen molar-refractivity contribution in [1.29, 1.82) is 5.26 Å². The average Bonchev–Trinajstić information content (AvgIpc) is 3.36. The predicted octanol–water partition coefficient (Wildman–Crippen LogP) is 3.46. The number of hydrogen-bond donors (Lipinski definition) is 0. The minimum absolute atomic E-state index is 0.0103. The lowest BCUT2D eigenvalue weighted by atomic mass is 10.1. The molecule has 1 fully saturated rings. The lowest BCUT2D eigenvalue weighted by Crippen LogP contribution is -2.28. The van der Waals surface area contributed by atoms with Gasteiger partial charge in [-0.3, -0.25) is 4.79 Å². The maximum atomic E-state index is 13.0. The smallest absolute Gasteiger partial charge is 0.226 e. The minimum atomic E-state index is -0.254. The van der Waals surface area contributed by atoms with E-state index in [-0.39, 0.29) is 23.6 Å². The second-order valence-corrected chi connectivity index (χ2v) is 6.00. The first-order chi connectivity index (χ1) is 11.1. The van der Waals surface area contributed by atoms with Gasteiger partial charge in [0.1, 0.15) is 5.82 Å². The van der Waals surface area contributed by atoms with Gasteiger partial charge < -0.3 is 4.90 Å². The molecule has 116 valence electrons. The highest BCUT2D eigenvalue weighted by Crippen LogP contribution is 2.48. The van der Waals surface area contributed by atoms with Crippen LogP contribution in [-0.2, 0) is 11.3 Å². The van der Waals surface area contributed by atoms with Gasteiger partial charge in [-0.15, -0.1) is 0 Å². The van der Waals surface area contributed by atoms with Crippen molar-refractivity contribution >= 4 is 5.91 Å². The summed E-state index contributed by atoms with van der Waals surface area (Å²) >= 11 is 0. The Hall–Kier alpha value is -2.67. The highest BCUT2D eigenvalue weighted by molar-refractivity contribution is 5.82. The maximum absolute atomic E-state index is 13.0. The molecule has 0 aromatic heterocycles. The van der Waals surface area contributed by atoms with Crippen molar-refractivity contribution in [1.82, 2.24) is 4.90 Å². The number of amides is 1. The Balaban J connectivity index is 1.60. The van der Waals surface area contributed by atoms with Gasteiger partial charge in [0.15, 0.2) is 0 Å². The number of nitrogens with zero attached hydrogens (tertiary/aromatic N) is 2. The first kappa shape index (κ1) is 15.2. The second-order valence-electron chi connectivity index (χ2n) is 6.00. The van der Waals surface area contributed by atoms with Crippen molar-refractivity contribution in [2.75, 3.05) is 7.05 Å². The van der Waals surface area contributed by atoms with Crippen LogP contribution in [0.15, 0.2) is 48.5 Å². The average molecular weight is 308 g/mol. The number of rotatable bonds is 4. The van der Waals surface area contributed by atoms with Crippen LogP contribution in [0, 0.1) is 23.1 Å². The first-order valence-electron chi connectivity index (χ1n) is 7.58. The van der Waals surface area contributed by atoms with Gasteiger partial charge in [-0.1, -0.05) is 24.3 Å². The lowest BCUT2D eigenvalue weighted by Gasteiger charge is -2.17. The van der Waals surface area contributed by atoms with Crippen molar-refractivity contribution in [3.8, 4) is 6.07 Å². The van der Waals surface area contributed by atoms with E-state index in [4.69, 9.17) is 5.26 Å². The van der Waals surface area contributed by atoms with Crippen molar-refractivity contribution < 1.29 is 9.18 Å². The van der Waals surface area contributed by atoms with E-state index >= 15 is 0 Å². The topological polar surface area (TPSA) is 44.1 Å². The third-order valence-corrected chi connectivity index (χ3v) is 4.28. The van der Waals surface area contributed by atoms with Gasteiger partial charge in [-0.25, -0.2) is 4.39 Å². The molecular formula is C19H17FN2O. The van der Waals surface area contributed by atoms with Gasteiger partial charge in [0.25, 0.3) is 0 Å². The molecule has 2 aromatic carbocycles. The largest absolute Gasteiger partial charge is 0.341 e. The summed E-state index contributed by atoms with van der Waals surface area (Å²) in [6, 6.07) is 15.7. The van der Waals surface area contributed by atoms with Crippen LogP contribution >= 0.6 is 0 Å². The summed E-state index contributed by atoms with van der Waals surface area (Å²) in [6.45, 7) is 0.525. The Morgan fingerprint density at radius 3 is 2.48 bits per heavy atom. The fraction of sp³-hybridized carbons (Fsp3) is 0.263. The van der Waals surface area contributed by atoms with Gasteiger partial charge in [0.05, 0.1) is 11.6 Å². The molecule has 1 aliphatic rings. The van der Waals surface area contributed by atoms with Crippen LogP contribution in [0.3, 0.4) is 0 Å². The summed E-state index contributed by atoms with van der Waals surface area (Å²) in [5.74, 6) is 0.0502. The molecule has 2 unspecified atom stereocenters. The normalized spacial score (nSPS) is 19.0. The third-order valence-electron chi connectivity index (χ3n) is 4.28. The number of nitriles is 1. The zero-order valence-corrected chi connectivity index (χ0v) is 12.9. The van der Waals surface area contributed by atoms with Crippen LogP contribution in [0.4, 0.5) is 4.39 Å². The number of hydrogen-bond acceptors (Lipinski definition) is 2. The Morgan fingerprint density at radius 1 is 1.22 bits per heavy atom. The molecule has 0 heterocycles. The molecule has 0 spiro atoms. The second kappa shape index (κ2) is 6.21. The van der Waals surface area contributed by atoms with Gasteiger partial charge in [-0.2, -0.15) is 5.26 Å². The van der Waals surface area contributed by atoms with Crippen LogP contribution in [0.2, 0.25) is 0 Å². The van der Waals surface area contributed by atoms with E-state index < -0.39 is 0 Å². The molecular weight excluding hydrogens is 291 g/mol. The summed E-state index contributed by atoms with van der Waals surface area (Å²) in [4.78, 5) is 14.2. The van der Waals surface area contributed by atoms with E-state index in [0.29, 0.717) is 12.1 Å². The van der Waals surface area contributed by atoms with Crippen LogP contribution in [0.5, 0.6) is 0 Å². The Bertz CT molecular complexity index is 746. The summed E-state index contributed by atoms with van der Waals surface area (Å²) < 4.78 is 13.0. The standard InChI is InChI=1S/C19H17FN2O/c1-22(12-14-4-2-13(11-21)3-5-14)19(23)18-10-17(18)15-6-8-16(20)9-7-15/h2-9,17-18H,10,12H2,1H3. The summed E-state index contributed by atoms with van der Waals surface area (Å²) in [5.41, 5.74) is 2.64. The van der Waals surface area contributed by atoms with E-state index in [1.54, 1.807) is 36.2 Å². The minimum Gasteiger partial charge on any atom is -0.341 e. The fourth-order valence-electron chi connectivity index (χ4n) is 2.87. The highest BCUT2D eigenvalue weighted by Gasteiger charge is 2.45. The van der Waals surface area contributed by atoms with Crippen LogP contribution < -0.4 is 0 Å². The van der Waals surface area contributed by atoms with Crippen molar-refractivity contribution in [3.63, 3.8) is 0 Å². The molecule has 3 rings (SSSR count). The monoisotopic (exact) mass is 308 g/mol. The molecule has 23 heavy (non-hydrogen) atoms. The molecule has 3 nitrogen and oxygen atoms in total. The fourth-order valence-corrected chi connectivity index (χ4v) is 2.87. The number of benzene rings is 2. The van der Waals surface area contributed by atoms with Crippen molar-refractivity contribution in [3.05, 3.63) is 71.0 Å². The summed E-state index contributed by atoms with van der Waals surface area (Å²) in [5, 5.41) is 8.80. The Labute approximate surface area is 135 Å². The maximum Gasteiger partial charge on any atom is 0.226 e. The van der Waals surface area contributed by atoms with Crippen LogP contribution in [-0.4, -0.2) is 17.9 Å². The highest BCUT2D eigenvalue weighted by atomic mass is 19.1. The molecule has 4 heteroatoms. The van der Waals surface area contributed by atoms with Gasteiger partial charge in [-0.05, 0) is 47.7 Å². The number of halogens is 1. The van der Waals surface area contributed by atoms with E-state index in [2.05, 4.69) is 6.07 Å². The zero-order chi connectivity index (χ0) is 16.4. The van der Waals surface area contributed by atoms with Gasteiger partial charge in [0, 0.05) is 19.5 Å². The van der Waals surface area contributed by atoms with Gasteiger partial charge >= 0.3 is 0 Å². The molecule has 0 aliphatic heterocycles. The molecule has 2 aromatic rings. The van der Waals surface area contributed by atoms with Crippen LogP contribution in [0.25, 0.3) is 0 Å². The first-order valence-corrected chi connectivity index (χ1v) is 7.58. The van der Waals surface area contributed by atoms with E-state index in [1.807, 2.05) is 12.1 Å². The summed E-state index contributed by atoms with van der Waals surface area (Å²) in [6.07, 6.45) is 0.822. The molecule has 2 atom stereocenters. The van der Waals surface area contributed by atoms with Crippen LogP contribution in [0.1, 0.15) is 29.0 Å². The summed E-state index contributed by atoms with van der Waals surface area (Å²) in [7, 11) is 1.79. The van der Waals surface area contributed by atoms with Crippen molar-refractivity contribution in [2.24, 2.45) is 5.92 Å². The van der Waals surface area contributed by atoms with E-state index in [9.17, 15) is 9.18 Å². The number of carbonyl (C=O) groups excluding carboxylic acids is 1. The Morgan fingerprint density at radius 2 is 1.87 bits per heavy atom.